The van der Waals surface area contributed by atoms with Crippen molar-refractivity contribution in [2.75, 3.05) is 7.11 Å². The molecule has 0 spiro atoms. The summed E-state index contributed by atoms with van der Waals surface area (Å²) in [7, 11) is 1.77. The van der Waals surface area contributed by atoms with E-state index in [0.717, 1.165) is 0 Å². The van der Waals surface area contributed by atoms with Gasteiger partial charge in [-0.3, -0.25) is 0 Å². The van der Waals surface area contributed by atoms with Crippen LogP contribution >= 0.6 is 0 Å². The highest BCUT2D eigenvalue weighted by Gasteiger charge is 2.36. The molecule has 0 heterocycles. The second kappa shape index (κ2) is 5.31. The zero-order chi connectivity index (χ0) is 10.7. The molecule has 0 amide bonds. The Morgan fingerprint density at radius 3 is 2.00 bits per heavy atom. The van der Waals surface area contributed by atoms with Gasteiger partial charge in [-0.05, 0) is 37.5 Å². The van der Waals surface area contributed by atoms with Crippen molar-refractivity contribution >= 4 is 0 Å². The molecule has 0 saturated heterocycles. The predicted octanol–water partition coefficient (Wildman–Crippen LogP) is 2.74. The molecule has 0 aliphatic heterocycles. The second-order valence-electron chi connectivity index (χ2n) is 5.28. The maximum atomic E-state index is 10.3. The van der Waals surface area contributed by atoms with Gasteiger partial charge in [0, 0.05) is 7.11 Å². The van der Waals surface area contributed by atoms with Crippen LogP contribution in [0.3, 0.4) is 0 Å². The summed E-state index contributed by atoms with van der Waals surface area (Å²) in [6, 6.07) is 0. The van der Waals surface area contributed by atoms with Gasteiger partial charge >= 0.3 is 0 Å². The minimum Gasteiger partial charge on any atom is -0.390 e. The molecule has 2 fully saturated rings. The number of methoxy groups -OCH3 is 1. The fourth-order valence-corrected chi connectivity index (χ4v) is 3.12. The van der Waals surface area contributed by atoms with Gasteiger partial charge in [0.1, 0.15) is 0 Å². The Morgan fingerprint density at radius 2 is 1.53 bits per heavy atom. The summed E-state index contributed by atoms with van der Waals surface area (Å²) in [6.07, 6.45) is 10.1. The van der Waals surface area contributed by atoms with E-state index in [9.17, 15) is 5.11 Å². The minimum atomic E-state index is -0.202. The molecule has 1 N–H and O–H groups in total. The van der Waals surface area contributed by atoms with E-state index in [0.29, 0.717) is 11.8 Å². The smallest absolute Gasteiger partial charge is 0.0860 e. The molecule has 15 heavy (non-hydrogen) atoms. The number of hydrogen-bond donors (Lipinski definition) is 1. The summed E-state index contributed by atoms with van der Waals surface area (Å²) >= 11 is 0. The summed E-state index contributed by atoms with van der Waals surface area (Å²) in [6.45, 7) is 0. The molecule has 2 aliphatic carbocycles. The van der Waals surface area contributed by atoms with Gasteiger partial charge in [-0.1, -0.05) is 25.7 Å². The molecule has 2 aliphatic rings. The van der Waals surface area contributed by atoms with Crippen molar-refractivity contribution in [3.8, 4) is 0 Å². The average Bonchev–Trinajstić information content (AvgIpc) is 2.18. The molecule has 2 unspecified atom stereocenters. The van der Waals surface area contributed by atoms with E-state index in [2.05, 4.69) is 0 Å². The van der Waals surface area contributed by atoms with Crippen molar-refractivity contribution in [1.29, 1.82) is 0 Å². The monoisotopic (exact) mass is 212 g/mol. The van der Waals surface area contributed by atoms with Crippen molar-refractivity contribution in [2.45, 2.75) is 63.6 Å². The van der Waals surface area contributed by atoms with Crippen LogP contribution in [0.1, 0.15) is 51.4 Å². The molecule has 2 saturated carbocycles. The van der Waals surface area contributed by atoms with Gasteiger partial charge in [0.2, 0.25) is 0 Å². The first-order valence-electron chi connectivity index (χ1n) is 6.54. The standard InChI is InChI=1S/C13H24O2/c1-15-13(11-6-3-2-4-7-11)12(14)10-8-5-9-10/h10-14H,2-9H2,1H3. The summed E-state index contributed by atoms with van der Waals surface area (Å²) < 4.78 is 5.56. The molecule has 0 aromatic heterocycles. The molecule has 2 nitrogen and oxygen atoms in total. The third-order valence-electron chi connectivity index (χ3n) is 4.36. The van der Waals surface area contributed by atoms with Crippen LogP contribution in [0.25, 0.3) is 0 Å². The van der Waals surface area contributed by atoms with Crippen LogP contribution in [0.4, 0.5) is 0 Å². The molecule has 2 heteroatoms. The normalized spacial score (nSPS) is 28.4. The van der Waals surface area contributed by atoms with Crippen LogP contribution in [-0.4, -0.2) is 24.4 Å². The van der Waals surface area contributed by atoms with E-state index in [1.807, 2.05) is 0 Å². The van der Waals surface area contributed by atoms with Gasteiger partial charge in [0.15, 0.2) is 0 Å². The maximum absolute atomic E-state index is 10.3. The van der Waals surface area contributed by atoms with Crippen molar-refractivity contribution < 1.29 is 9.84 Å². The number of rotatable bonds is 4. The Kier molecular flexibility index (Phi) is 4.04. The molecular formula is C13H24O2. The van der Waals surface area contributed by atoms with Crippen LogP contribution in [0.15, 0.2) is 0 Å². The fraction of sp³-hybridized carbons (Fsp3) is 1.00. The lowest BCUT2D eigenvalue weighted by Gasteiger charge is -2.39. The fourth-order valence-electron chi connectivity index (χ4n) is 3.12. The van der Waals surface area contributed by atoms with Crippen LogP contribution in [0, 0.1) is 11.8 Å². The van der Waals surface area contributed by atoms with Gasteiger partial charge in [0.25, 0.3) is 0 Å². The second-order valence-corrected chi connectivity index (χ2v) is 5.28. The largest absolute Gasteiger partial charge is 0.390 e. The van der Waals surface area contributed by atoms with Gasteiger partial charge in [0.05, 0.1) is 12.2 Å². The van der Waals surface area contributed by atoms with Crippen LogP contribution in [0.5, 0.6) is 0 Å². The Balaban J connectivity index is 1.88. The van der Waals surface area contributed by atoms with Crippen molar-refractivity contribution in [3.05, 3.63) is 0 Å². The summed E-state index contributed by atoms with van der Waals surface area (Å²) in [5.41, 5.74) is 0. The SMILES string of the molecule is COC(C1CCCCC1)C(O)C1CCC1. The van der Waals surface area contributed by atoms with Gasteiger partial charge < -0.3 is 9.84 Å². The lowest BCUT2D eigenvalue weighted by Crippen LogP contribution is -2.43. The quantitative estimate of drug-likeness (QED) is 0.776. The summed E-state index contributed by atoms with van der Waals surface area (Å²) in [5.74, 6) is 1.14. The highest BCUT2D eigenvalue weighted by Crippen LogP contribution is 2.36. The topological polar surface area (TPSA) is 29.5 Å². The zero-order valence-electron chi connectivity index (χ0n) is 9.82. The number of aliphatic hydroxyl groups excluding tert-OH is 1. The van der Waals surface area contributed by atoms with E-state index in [1.165, 1.54) is 51.4 Å². The zero-order valence-corrected chi connectivity index (χ0v) is 9.82. The molecule has 2 rings (SSSR count). The molecule has 2 atom stereocenters. The minimum absolute atomic E-state index is 0.107. The first-order chi connectivity index (χ1) is 7.33. The third kappa shape index (κ3) is 2.54. The lowest BCUT2D eigenvalue weighted by molar-refractivity contribution is -0.0916. The van der Waals surface area contributed by atoms with E-state index in [4.69, 9.17) is 4.74 Å². The maximum Gasteiger partial charge on any atom is 0.0860 e. The Hall–Kier alpha value is -0.0800. The molecule has 0 aromatic rings. The Labute approximate surface area is 93.0 Å². The van der Waals surface area contributed by atoms with Crippen molar-refractivity contribution in [1.82, 2.24) is 0 Å². The summed E-state index contributed by atoms with van der Waals surface area (Å²) in [5, 5.41) is 10.3. The van der Waals surface area contributed by atoms with Gasteiger partial charge in [-0.25, -0.2) is 0 Å². The number of ether oxygens (including phenoxy) is 1. The van der Waals surface area contributed by atoms with Gasteiger partial charge in [-0.15, -0.1) is 0 Å². The molecular weight excluding hydrogens is 188 g/mol. The van der Waals surface area contributed by atoms with Crippen molar-refractivity contribution in [3.63, 3.8) is 0 Å². The molecule has 88 valence electrons. The van der Waals surface area contributed by atoms with E-state index < -0.39 is 0 Å². The summed E-state index contributed by atoms with van der Waals surface area (Å²) in [4.78, 5) is 0. The van der Waals surface area contributed by atoms with Crippen LogP contribution in [-0.2, 0) is 4.74 Å². The van der Waals surface area contributed by atoms with Gasteiger partial charge in [-0.2, -0.15) is 0 Å². The molecule has 0 bridgehead atoms. The predicted molar refractivity (Wildman–Crippen MR) is 60.7 cm³/mol. The van der Waals surface area contributed by atoms with Crippen molar-refractivity contribution in [2.24, 2.45) is 11.8 Å². The first-order valence-corrected chi connectivity index (χ1v) is 6.54. The van der Waals surface area contributed by atoms with E-state index >= 15 is 0 Å². The lowest BCUT2D eigenvalue weighted by atomic mass is 9.74. The van der Waals surface area contributed by atoms with Crippen LogP contribution in [0.2, 0.25) is 0 Å². The molecule has 0 aromatic carbocycles. The van der Waals surface area contributed by atoms with Crippen LogP contribution < -0.4 is 0 Å². The Morgan fingerprint density at radius 1 is 0.933 bits per heavy atom. The molecule has 0 radical (unpaired) electrons. The average molecular weight is 212 g/mol. The highest BCUT2D eigenvalue weighted by molar-refractivity contribution is 4.87. The van der Waals surface area contributed by atoms with E-state index in [1.54, 1.807) is 7.11 Å². The van der Waals surface area contributed by atoms with E-state index in [-0.39, 0.29) is 12.2 Å². The Bertz CT molecular complexity index is 181. The first kappa shape index (κ1) is 11.4. The highest BCUT2D eigenvalue weighted by atomic mass is 16.5. The third-order valence-corrected chi connectivity index (χ3v) is 4.36. The number of hydrogen-bond acceptors (Lipinski definition) is 2. The number of aliphatic hydroxyl groups is 1.